The maximum absolute atomic E-state index is 12.8. The minimum Gasteiger partial charge on any atom is -0.368 e. The van der Waals surface area contributed by atoms with Crippen LogP contribution in [-0.4, -0.2) is 26.8 Å². The van der Waals surface area contributed by atoms with E-state index < -0.39 is 6.04 Å². The molecule has 6 nitrogen and oxygen atoms in total. The second kappa shape index (κ2) is 7.22. The Balaban J connectivity index is 1.50. The lowest BCUT2D eigenvalue weighted by atomic mass is 9.93. The summed E-state index contributed by atoms with van der Waals surface area (Å²) in [6.07, 6.45) is 0.569. The molecule has 5 rings (SSSR count). The van der Waals surface area contributed by atoms with Gasteiger partial charge in [0.05, 0.1) is 18.0 Å². The second-order valence-electron chi connectivity index (χ2n) is 7.12. The molecule has 3 aromatic heterocycles. The molecule has 0 radical (unpaired) electrons. The summed E-state index contributed by atoms with van der Waals surface area (Å²) in [6.45, 7) is 0.954. The van der Waals surface area contributed by atoms with E-state index in [2.05, 4.69) is 16.0 Å². The number of carbonyl (C=O) groups excluding carboxylic acids is 1. The summed E-state index contributed by atoms with van der Waals surface area (Å²) in [5.41, 5.74) is 8.76. The van der Waals surface area contributed by atoms with Crippen LogP contribution in [-0.2, 0) is 24.3 Å². The van der Waals surface area contributed by atoms with Crippen LogP contribution >= 0.6 is 22.7 Å². The van der Waals surface area contributed by atoms with E-state index in [1.807, 2.05) is 46.0 Å². The summed E-state index contributed by atoms with van der Waals surface area (Å²) >= 11 is 3.06. The Kier molecular flexibility index (Phi) is 4.54. The molecule has 0 saturated carbocycles. The van der Waals surface area contributed by atoms with Gasteiger partial charge in [-0.3, -0.25) is 14.5 Å². The van der Waals surface area contributed by atoms with Gasteiger partial charge in [0.2, 0.25) is 5.91 Å². The molecule has 0 saturated heterocycles. The van der Waals surface area contributed by atoms with E-state index in [-0.39, 0.29) is 11.5 Å². The Labute approximate surface area is 174 Å². The van der Waals surface area contributed by atoms with Gasteiger partial charge in [0, 0.05) is 22.4 Å². The van der Waals surface area contributed by atoms with E-state index in [4.69, 9.17) is 5.73 Å². The molecule has 4 heterocycles. The average Bonchev–Trinajstić information content (AvgIpc) is 3.37. The van der Waals surface area contributed by atoms with Gasteiger partial charge in [-0.05, 0) is 29.0 Å². The molecule has 8 heteroatoms. The Morgan fingerprint density at radius 2 is 2.03 bits per heavy atom. The van der Waals surface area contributed by atoms with Crippen LogP contribution in [0.25, 0.3) is 20.7 Å². The largest absolute Gasteiger partial charge is 0.368 e. The molecule has 0 aliphatic carbocycles. The first-order valence-corrected chi connectivity index (χ1v) is 11.0. The van der Waals surface area contributed by atoms with E-state index in [1.54, 1.807) is 11.3 Å². The van der Waals surface area contributed by atoms with Crippen molar-refractivity contribution in [1.29, 1.82) is 0 Å². The minimum absolute atomic E-state index is 0.150. The fourth-order valence-corrected chi connectivity index (χ4v) is 5.68. The monoisotopic (exact) mass is 422 g/mol. The van der Waals surface area contributed by atoms with Gasteiger partial charge in [-0.1, -0.05) is 30.3 Å². The maximum atomic E-state index is 12.8. The van der Waals surface area contributed by atoms with Crippen molar-refractivity contribution in [1.82, 2.24) is 14.9 Å². The standard InChI is InChI=1S/C21H18N4O2S2/c22-19(26)15-8-12-4-1-2-5-13(12)9-25(15)10-17-23-20(27)18-14(11-29-21(18)24-17)16-6-3-7-28-16/h1-7,11,15H,8-10H2,(H2,22,26)(H,23,24,27)/t15-/m0/s1. The molecule has 1 aromatic carbocycles. The highest BCUT2D eigenvalue weighted by Crippen LogP contribution is 2.33. The van der Waals surface area contributed by atoms with Gasteiger partial charge < -0.3 is 10.7 Å². The number of hydrogen-bond donors (Lipinski definition) is 2. The van der Waals surface area contributed by atoms with Crippen molar-refractivity contribution in [2.75, 3.05) is 0 Å². The van der Waals surface area contributed by atoms with Crippen LogP contribution in [0.4, 0.5) is 0 Å². The van der Waals surface area contributed by atoms with E-state index in [1.165, 1.54) is 16.9 Å². The van der Waals surface area contributed by atoms with Crippen molar-refractivity contribution in [3.05, 3.63) is 74.5 Å². The van der Waals surface area contributed by atoms with Crippen molar-refractivity contribution in [3.63, 3.8) is 0 Å². The number of primary amides is 1. The lowest BCUT2D eigenvalue weighted by molar-refractivity contribution is -0.124. The summed E-state index contributed by atoms with van der Waals surface area (Å²) < 4.78 is 0. The zero-order valence-electron chi connectivity index (χ0n) is 15.4. The van der Waals surface area contributed by atoms with Crippen LogP contribution in [0.3, 0.4) is 0 Å². The Morgan fingerprint density at radius 1 is 1.21 bits per heavy atom. The topological polar surface area (TPSA) is 92.1 Å². The number of nitrogens with zero attached hydrogens (tertiary/aromatic N) is 2. The number of aromatic amines is 1. The van der Waals surface area contributed by atoms with Crippen LogP contribution in [0.15, 0.2) is 52.0 Å². The Hall–Kier alpha value is -2.81. The molecule has 1 amide bonds. The number of thiophene rings is 2. The van der Waals surface area contributed by atoms with E-state index >= 15 is 0 Å². The quantitative estimate of drug-likeness (QED) is 0.529. The fourth-order valence-electron chi connectivity index (χ4n) is 3.90. The van der Waals surface area contributed by atoms with Crippen LogP contribution in [0.5, 0.6) is 0 Å². The molecule has 3 N–H and O–H groups in total. The Morgan fingerprint density at radius 3 is 2.79 bits per heavy atom. The van der Waals surface area contributed by atoms with E-state index in [0.717, 1.165) is 16.0 Å². The van der Waals surface area contributed by atoms with Gasteiger partial charge >= 0.3 is 0 Å². The second-order valence-corrected chi connectivity index (χ2v) is 8.92. The molecule has 0 bridgehead atoms. The zero-order chi connectivity index (χ0) is 20.0. The van der Waals surface area contributed by atoms with Crippen LogP contribution < -0.4 is 11.3 Å². The highest BCUT2D eigenvalue weighted by molar-refractivity contribution is 7.18. The molecule has 0 unspecified atom stereocenters. The summed E-state index contributed by atoms with van der Waals surface area (Å²) in [5, 5.41) is 4.59. The number of carbonyl (C=O) groups is 1. The number of aromatic nitrogens is 2. The predicted molar refractivity (Wildman–Crippen MR) is 116 cm³/mol. The van der Waals surface area contributed by atoms with Gasteiger partial charge in [-0.25, -0.2) is 4.98 Å². The number of H-pyrrole nitrogens is 1. The first-order chi connectivity index (χ1) is 14.1. The number of nitrogens with one attached hydrogen (secondary N) is 1. The van der Waals surface area contributed by atoms with Crippen molar-refractivity contribution in [2.24, 2.45) is 5.73 Å². The predicted octanol–water partition coefficient (Wildman–Crippen LogP) is 3.13. The fraction of sp³-hybridized carbons (Fsp3) is 0.190. The molecule has 1 aliphatic rings. The van der Waals surface area contributed by atoms with Gasteiger partial charge in [0.15, 0.2) is 0 Å². The number of rotatable bonds is 4. The van der Waals surface area contributed by atoms with Crippen LogP contribution in [0, 0.1) is 0 Å². The van der Waals surface area contributed by atoms with E-state index in [0.29, 0.717) is 35.6 Å². The summed E-state index contributed by atoms with van der Waals surface area (Å²) in [4.78, 5) is 36.3. The molecule has 1 aliphatic heterocycles. The van der Waals surface area contributed by atoms with Crippen LogP contribution in [0.1, 0.15) is 17.0 Å². The van der Waals surface area contributed by atoms with Crippen molar-refractivity contribution >= 4 is 38.8 Å². The molecule has 29 heavy (non-hydrogen) atoms. The average molecular weight is 423 g/mol. The molecule has 0 fully saturated rings. The third kappa shape index (κ3) is 3.29. The third-order valence-corrected chi connectivity index (χ3v) is 7.08. The van der Waals surface area contributed by atoms with Crippen molar-refractivity contribution in [3.8, 4) is 10.4 Å². The minimum atomic E-state index is -0.420. The van der Waals surface area contributed by atoms with Gasteiger partial charge in [-0.15, -0.1) is 22.7 Å². The number of fused-ring (bicyclic) bond motifs is 2. The first-order valence-electron chi connectivity index (χ1n) is 9.24. The summed E-state index contributed by atoms with van der Waals surface area (Å²) in [6, 6.07) is 11.6. The molecule has 146 valence electrons. The van der Waals surface area contributed by atoms with Crippen molar-refractivity contribution in [2.45, 2.75) is 25.6 Å². The normalized spacial score (nSPS) is 16.8. The number of benzene rings is 1. The van der Waals surface area contributed by atoms with Crippen molar-refractivity contribution < 1.29 is 4.79 Å². The Bertz CT molecular complexity index is 1260. The lowest BCUT2D eigenvalue weighted by Crippen LogP contribution is -2.48. The smallest absolute Gasteiger partial charge is 0.260 e. The highest BCUT2D eigenvalue weighted by atomic mass is 32.1. The SMILES string of the molecule is NC(=O)[C@@H]1Cc2ccccc2CN1Cc1nc2scc(-c3cccs3)c2c(=O)[nH]1. The van der Waals surface area contributed by atoms with Gasteiger partial charge in [0.25, 0.3) is 5.56 Å². The number of amides is 1. The van der Waals surface area contributed by atoms with Crippen LogP contribution in [0.2, 0.25) is 0 Å². The first kappa shape index (κ1) is 18.2. The summed E-state index contributed by atoms with van der Waals surface area (Å²) in [5.74, 6) is 0.187. The molecular weight excluding hydrogens is 404 g/mol. The number of hydrogen-bond acceptors (Lipinski definition) is 6. The van der Waals surface area contributed by atoms with Gasteiger partial charge in [0.1, 0.15) is 10.7 Å². The highest BCUT2D eigenvalue weighted by Gasteiger charge is 2.30. The number of nitrogens with two attached hydrogens (primary N) is 1. The summed E-state index contributed by atoms with van der Waals surface area (Å²) in [7, 11) is 0. The third-order valence-electron chi connectivity index (χ3n) is 5.31. The maximum Gasteiger partial charge on any atom is 0.260 e. The molecular formula is C21H18N4O2S2. The molecule has 1 atom stereocenters. The van der Waals surface area contributed by atoms with E-state index in [9.17, 15) is 9.59 Å². The lowest BCUT2D eigenvalue weighted by Gasteiger charge is -2.34. The zero-order valence-corrected chi connectivity index (χ0v) is 17.1. The van der Waals surface area contributed by atoms with Gasteiger partial charge in [-0.2, -0.15) is 0 Å². The molecule has 4 aromatic rings. The molecule has 0 spiro atoms.